The van der Waals surface area contributed by atoms with Crippen molar-refractivity contribution in [3.8, 4) is 0 Å². The van der Waals surface area contributed by atoms with Gasteiger partial charge in [-0.1, -0.05) is 6.08 Å². The largest absolute Gasteiger partial charge is 0.318 e. The highest BCUT2D eigenvalue weighted by molar-refractivity contribution is 5.84. The molecule has 1 aromatic rings. The minimum atomic E-state index is -0.552. The van der Waals surface area contributed by atoms with E-state index in [4.69, 9.17) is 5.73 Å². The zero-order valence-corrected chi connectivity index (χ0v) is 8.31. The van der Waals surface area contributed by atoms with Crippen molar-refractivity contribution in [2.24, 2.45) is 12.8 Å². The second-order valence-electron chi connectivity index (χ2n) is 3.22. The van der Waals surface area contributed by atoms with Gasteiger partial charge in [0.2, 0.25) is 0 Å². The lowest BCUT2D eigenvalue weighted by atomic mass is 10.0. The second-order valence-corrected chi connectivity index (χ2v) is 3.22. The molecule has 0 bridgehead atoms. The average molecular weight is 193 g/mol. The van der Waals surface area contributed by atoms with Crippen molar-refractivity contribution < 1.29 is 4.79 Å². The molecule has 0 saturated carbocycles. The summed E-state index contributed by atoms with van der Waals surface area (Å²) in [4.78, 5) is 11.5. The van der Waals surface area contributed by atoms with Gasteiger partial charge in [0.15, 0.2) is 5.78 Å². The van der Waals surface area contributed by atoms with Gasteiger partial charge in [0.05, 0.1) is 12.2 Å². The van der Waals surface area contributed by atoms with E-state index >= 15 is 0 Å². The Morgan fingerprint density at radius 3 is 3.07 bits per heavy atom. The molecule has 4 heteroatoms. The normalized spacial score (nSPS) is 12.4. The number of rotatable bonds is 5. The van der Waals surface area contributed by atoms with E-state index in [0.29, 0.717) is 12.8 Å². The fourth-order valence-corrected chi connectivity index (χ4v) is 1.19. The first-order valence-electron chi connectivity index (χ1n) is 4.53. The van der Waals surface area contributed by atoms with Crippen LogP contribution in [0.5, 0.6) is 0 Å². The van der Waals surface area contributed by atoms with Gasteiger partial charge < -0.3 is 5.73 Å². The van der Waals surface area contributed by atoms with Gasteiger partial charge in [0.25, 0.3) is 0 Å². The summed E-state index contributed by atoms with van der Waals surface area (Å²) in [5.41, 5.74) is 6.52. The number of ketones is 1. The number of allylic oxidation sites excluding steroid dienone is 1. The first-order valence-corrected chi connectivity index (χ1v) is 4.53. The van der Waals surface area contributed by atoms with E-state index in [1.807, 2.05) is 0 Å². The maximum atomic E-state index is 11.5. The van der Waals surface area contributed by atoms with Gasteiger partial charge in [0.1, 0.15) is 0 Å². The number of nitrogens with zero attached hydrogens (tertiary/aromatic N) is 2. The van der Waals surface area contributed by atoms with Crippen LogP contribution in [0, 0.1) is 0 Å². The molecule has 0 aliphatic heterocycles. The molecule has 0 aliphatic rings. The number of aromatic nitrogens is 2. The predicted octanol–water partition coefficient (Wildman–Crippen LogP) is 0.955. The summed E-state index contributed by atoms with van der Waals surface area (Å²) in [6.45, 7) is 3.56. The molecule has 0 fully saturated rings. The standard InChI is InChI=1S/C10H15N3O/c1-3-4-5-9(14)10(11)8-6-12-13(2)7-8/h3,6-7,10H,1,4-5,11H2,2H3. The first kappa shape index (κ1) is 10.7. The van der Waals surface area contributed by atoms with Gasteiger partial charge in [-0.3, -0.25) is 9.48 Å². The highest BCUT2D eigenvalue weighted by atomic mass is 16.1. The molecule has 0 saturated heterocycles. The molecule has 0 amide bonds. The van der Waals surface area contributed by atoms with E-state index in [1.165, 1.54) is 0 Å². The first-order chi connectivity index (χ1) is 6.65. The third-order valence-corrected chi connectivity index (χ3v) is 2.03. The summed E-state index contributed by atoms with van der Waals surface area (Å²) < 4.78 is 1.63. The lowest BCUT2D eigenvalue weighted by Gasteiger charge is -2.06. The highest BCUT2D eigenvalue weighted by Crippen LogP contribution is 2.12. The fraction of sp³-hybridized carbons (Fsp3) is 0.400. The number of carbonyl (C=O) groups is 1. The van der Waals surface area contributed by atoms with Crippen LogP contribution in [-0.4, -0.2) is 15.6 Å². The average Bonchev–Trinajstić information content (AvgIpc) is 2.60. The van der Waals surface area contributed by atoms with E-state index in [0.717, 1.165) is 5.56 Å². The maximum absolute atomic E-state index is 11.5. The minimum absolute atomic E-state index is 0.0258. The van der Waals surface area contributed by atoms with Crippen LogP contribution in [0.2, 0.25) is 0 Å². The van der Waals surface area contributed by atoms with Gasteiger partial charge in [-0.25, -0.2) is 0 Å². The Bertz CT molecular complexity index is 330. The van der Waals surface area contributed by atoms with E-state index < -0.39 is 6.04 Å². The summed E-state index contributed by atoms with van der Waals surface area (Å²) in [6.07, 6.45) is 6.22. The van der Waals surface area contributed by atoms with Gasteiger partial charge in [-0.15, -0.1) is 6.58 Å². The lowest BCUT2D eigenvalue weighted by molar-refractivity contribution is -0.120. The molecule has 1 aromatic heterocycles. The molecule has 1 atom stereocenters. The van der Waals surface area contributed by atoms with Crippen LogP contribution in [0.25, 0.3) is 0 Å². The van der Waals surface area contributed by atoms with Gasteiger partial charge in [0, 0.05) is 25.2 Å². The monoisotopic (exact) mass is 193 g/mol. The fourth-order valence-electron chi connectivity index (χ4n) is 1.19. The van der Waals surface area contributed by atoms with Crippen molar-refractivity contribution in [1.29, 1.82) is 0 Å². The van der Waals surface area contributed by atoms with Gasteiger partial charge in [-0.05, 0) is 6.42 Å². The smallest absolute Gasteiger partial charge is 0.154 e. The van der Waals surface area contributed by atoms with Crippen LogP contribution in [0.3, 0.4) is 0 Å². The van der Waals surface area contributed by atoms with Crippen LogP contribution in [0.1, 0.15) is 24.4 Å². The van der Waals surface area contributed by atoms with Crippen molar-refractivity contribution in [3.05, 3.63) is 30.6 Å². The molecule has 14 heavy (non-hydrogen) atoms. The summed E-state index contributed by atoms with van der Waals surface area (Å²) >= 11 is 0. The predicted molar refractivity (Wildman–Crippen MR) is 54.6 cm³/mol. The SMILES string of the molecule is C=CCCC(=O)C(N)c1cnn(C)c1. The third-order valence-electron chi connectivity index (χ3n) is 2.03. The van der Waals surface area contributed by atoms with Crippen molar-refractivity contribution in [3.63, 3.8) is 0 Å². The molecule has 2 N–H and O–H groups in total. The third kappa shape index (κ3) is 2.53. The van der Waals surface area contributed by atoms with Crippen molar-refractivity contribution >= 4 is 5.78 Å². The van der Waals surface area contributed by atoms with Crippen molar-refractivity contribution in [2.45, 2.75) is 18.9 Å². The van der Waals surface area contributed by atoms with E-state index in [9.17, 15) is 4.79 Å². The zero-order valence-electron chi connectivity index (χ0n) is 8.31. The number of hydrogen-bond donors (Lipinski definition) is 1. The molecule has 4 nitrogen and oxygen atoms in total. The van der Waals surface area contributed by atoms with E-state index in [2.05, 4.69) is 11.7 Å². The number of aryl methyl sites for hydroxylation is 1. The summed E-state index contributed by atoms with van der Waals surface area (Å²) in [5, 5.41) is 3.96. The van der Waals surface area contributed by atoms with E-state index in [1.54, 1.807) is 30.2 Å². The van der Waals surface area contributed by atoms with Crippen LogP contribution in [0.15, 0.2) is 25.0 Å². The molecular weight excluding hydrogens is 178 g/mol. The quantitative estimate of drug-likeness (QED) is 0.708. The molecular formula is C10H15N3O. The number of Topliss-reactive ketones (excluding diaryl/α,β-unsaturated/α-hetero) is 1. The topological polar surface area (TPSA) is 60.9 Å². The summed E-state index contributed by atoms with van der Waals surface area (Å²) in [5.74, 6) is 0.0258. The highest BCUT2D eigenvalue weighted by Gasteiger charge is 2.15. The van der Waals surface area contributed by atoms with Gasteiger partial charge >= 0.3 is 0 Å². The summed E-state index contributed by atoms with van der Waals surface area (Å²) in [6, 6.07) is -0.552. The Labute approximate surface area is 83.4 Å². The minimum Gasteiger partial charge on any atom is -0.318 e. The molecule has 76 valence electrons. The Hall–Kier alpha value is -1.42. The van der Waals surface area contributed by atoms with E-state index in [-0.39, 0.29) is 5.78 Å². The maximum Gasteiger partial charge on any atom is 0.154 e. The van der Waals surface area contributed by atoms with Gasteiger partial charge in [-0.2, -0.15) is 5.10 Å². The number of nitrogens with two attached hydrogens (primary N) is 1. The molecule has 0 aromatic carbocycles. The zero-order chi connectivity index (χ0) is 10.6. The molecule has 1 unspecified atom stereocenters. The Kier molecular flexibility index (Phi) is 3.59. The van der Waals surface area contributed by atoms with Crippen LogP contribution in [-0.2, 0) is 11.8 Å². The number of hydrogen-bond acceptors (Lipinski definition) is 3. The van der Waals surface area contributed by atoms with Crippen molar-refractivity contribution in [1.82, 2.24) is 9.78 Å². The molecule has 0 aliphatic carbocycles. The Balaban J connectivity index is 2.60. The molecule has 1 heterocycles. The lowest BCUT2D eigenvalue weighted by Crippen LogP contribution is -2.20. The molecule has 0 spiro atoms. The van der Waals surface area contributed by atoms with Crippen LogP contribution < -0.4 is 5.73 Å². The summed E-state index contributed by atoms with van der Waals surface area (Å²) in [7, 11) is 1.80. The van der Waals surface area contributed by atoms with Crippen molar-refractivity contribution in [2.75, 3.05) is 0 Å². The Morgan fingerprint density at radius 2 is 2.57 bits per heavy atom. The molecule has 1 rings (SSSR count). The Morgan fingerprint density at radius 1 is 1.86 bits per heavy atom. The van der Waals surface area contributed by atoms with Crippen LogP contribution in [0.4, 0.5) is 0 Å². The second kappa shape index (κ2) is 4.72. The number of carbonyl (C=O) groups excluding carboxylic acids is 1. The molecule has 0 radical (unpaired) electrons. The van der Waals surface area contributed by atoms with Crippen LogP contribution >= 0.6 is 0 Å².